The van der Waals surface area contributed by atoms with Gasteiger partial charge in [0.1, 0.15) is 23.0 Å². The van der Waals surface area contributed by atoms with Crippen molar-refractivity contribution in [1.82, 2.24) is 0 Å². The van der Waals surface area contributed by atoms with Crippen molar-refractivity contribution in [3.8, 4) is 67.5 Å². The molecule has 0 bridgehead atoms. The standard InChI is InChI=1S/C36H21BO2/c1-2-11-23-22(10-1)24-12-3-5-14-26(24)28-20-31-35(21-29(28)27-15-6-4-13-25(23)27)39-34-19-9-18-33-36(34)37(31)30-16-7-8-17-32(30)38-33/h1-21H. The Morgan fingerprint density at radius 1 is 0.333 bits per heavy atom. The van der Waals surface area contributed by atoms with Crippen LogP contribution in [0, 0.1) is 0 Å². The van der Waals surface area contributed by atoms with Gasteiger partial charge < -0.3 is 9.47 Å². The van der Waals surface area contributed by atoms with Gasteiger partial charge in [-0.05, 0) is 79.7 Å². The summed E-state index contributed by atoms with van der Waals surface area (Å²) in [5, 5.41) is 0. The van der Waals surface area contributed by atoms with E-state index in [9.17, 15) is 0 Å². The van der Waals surface area contributed by atoms with Gasteiger partial charge in [0.2, 0.25) is 0 Å². The van der Waals surface area contributed by atoms with Crippen LogP contribution < -0.4 is 25.9 Å². The summed E-state index contributed by atoms with van der Waals surface area (Å²) in [6.45, 7) is 0.0373. The van der Waals surface area contributed by atoms with E-state index in [1.165, 1.54) is 55.4 Å². The van der Waals surface area contributed by atoms with Crippen LogP contribution in [0.4, 0.5) is 0 Å². The molecule has 9 rings (SSSR count). The molecule has 2 heterocycles. The fourth-order valence-electron chi connectivity index (χ4n) is 6.73. The summed E-state index contributed by atoms with van der Waals surface area (Å²) in [6, 6.07) is 45.4. The van der Waals surface area contributed by atoms with E-state index in [0.29, 0.717) is 0 Å². The van der Waals surface area contributed by atoms with Crippen molar-refractivity contribution >= 4 is 23.1 Å². The Labute approximate surface area is 227 Å². The number of hydrogen-bond acceptors (Lipinski definition) is 2. The molecule has 0 atom stereocenters. The van der Waals surface area contributed by atoms with Gasteiger partial charge in [-0.15, -0.1) is 0 Å². The second-order valence-corrected chi connectivity index (χ2v) is 10.4. The van der Waals surface area contributed by atoms with Gasteiger partial charge in [0.25, 0.3) is 6.71 Å². The summed E-state index contributed by atoms with van der Waals surface area (Å²) in [6.07, 6.45) is 0. The predicted octanol–water partition coefficient (Wildman–Crippen LogP) is 7.40. The van der Waals surface area contributed by atoms with Crippen LogP contribution in [0.3, 0.4) is 0 Å². The summed E-state index contributed by atoms with van der Waals surface area (Å²) in [5.41, 5.74) is 13.3. The van der Waals surface area contributed by atoms with E-state index in [2.05, 4.69) is 109 Å². The smallest absolute Gasteiger partial charge is 0.260 e. The van der Waals surface area contributed by atoms with Gasteiger partial charge in [-0.1, -0.05) is 103 Å². The SMILES string of the molecule is c1ccc2c(c1)Oc1cccc3c1B2c1cc2c(cc1O3)-c1ccccc1-c1ccccc1-c1ccccc1-2. The van der Waals surface area contributed by atoms with E-state index >= 15 is 0 Å². The minimum Gasteiger partial charge on any atom is -0.458 e. The van der Waals surface area contributed by atoms with Gasteiger partial charge in [-0.25, -0.2) is 0 Å². The molecule has 0 unspecified atom stereocenters. The molecule has 2 nitrogen and oxygen atoms in total. The van der Waals surface area contributed by atoms with Gasteiger partial charge in [0.05, 0.1) is 0 Å². The monoisotopic (exact) mass is 496 g/mol. The Bertz CT molecular complexity index is 1990. The number of para-hydroxylation sites is 1. The number of ether oxygens (including phenoxy) is 2. The van der Waals surface area contributed by atoms with Crippen LogP contribution >= 0.6 is 0 Å². The lowest BCUT2D eigenvalue weighted by molar-refractivity contribution is 0.464. The fraction of sp³-hybridized carbons (Fsp3) is 0. The molecule has 6 aromatic rings. The zero-order chi connectivity index (χ0) is 25.5. The van der Waals surface area contributed by atoms with Crippen molar-refractivity contribution in [2.45, 2.75) is 0 Å². The molecule has 0 N–H and O–H groups in total. The molecular weight excluding hydrogens is 475 g/mol. The lowest BCUT2D eigenvalue weighted by atomic mass is 9.34. The summed E-state index contributed by atoms with van der Waals surface area (Å²) in [5.74, 6) is 3.55. The minimum atomic E-state index is 0.0373. The summed E-state index contributed by atoms with van der Waals surface area (Å²) >= 11 is 0. The van der Waals surface area contributed by atoms with E-state index in [0.717, 1.165) is 28.5 Å². The molecule has 3 aliphatic rings. The fourth-order valence-corrected chi connectivity index (χ4v) is 6.73. The Kier molecular flexibility index (Phi) is 4.17. The van der Waals surface area contributed by atoms with Crippen molar-refractivity contribution in [2.75, 3.05) is 0 Å². The maximum atomic E-state index is 6.67. The zero-order valence-electron chi connectivity index (χ0n) is 21.0. The third-order valence-electron chi connectivity index (χ3n) is 8.39. The van der Waals surface area contributed by atoms with Gasteiger partial charge in [0, 0.05) is 5.46 Å². The Balaban J connectivity index is 1.40. The van der Waals surface area contributed by atoms with E-state index in [1.807, 2.05) is 18.2 Å². The number of fused-ring (bicyclic) bond motifs is 12. The van der Waals surface area contributed by atoms with Crippen molar-refractivity contribution < 1.29 is 9.47 Å². The van der Waals surface area contributed by atoms with Crippen molar-refractivity contribution in [3.63, 3.8) is 0 Å². The first-order valence-electron chi connectivity index (χ1n) is 13.4. The summed E-state index contributed by atoms with van der Waals surface area (Å²) in [4.78, 5) is 0. The second-order valence-electron chi connectivity index (χ2n) is 10.4. The van der Waals surface area contributed by atoms with Crippen LogP contribution in [0.1, 0.15) is 0 Å². The third kappa shape index (κ3) is 2.87. The quantitative estimate of drug-likeness (QED) is 0.204. The first-order valence-corrected chi connectivity index (χ1v) is 13.4. The van der Waals surface area contributed by atoms with E-state index in [-0.39, 0.29) is 6.71 Å². The van der Waals surface area contributed by atoms with E-state index in [4.69, 9.17) is 9.47 Å². The van der Waals surface area contributed by atoms with Gasteiger partial charge in [-0.2, -0.15) is 0 Å². The Morgan fingerprint density at radius 3 is 1.36 bits per heavy atom. The van der Waals surface area contributed by atoms with Crippen LogP contribution in [0.2, 0.25) is 0 Å². The topological polar surface area (TPSA) is 18.5 Å². The molecule has 0 saturated carbocycles. The molecule has 0 amide bonds. The zero-order valence-corrected chi connectivity index (χ0v) is 21.0. The molecule has 2 aliphatic heterocycles. The largest absolute Gasteiger partial charge is 0.458 e. The van der Waals surface area contributed by atoms with Crippen molar-refractivity contribution in [3.05, 3.63) is 127 Å². The molecule has 180 valence electrons. The molecule has 0 radical (unpaired) electrons. The van der Waals surface area contributed by atoms with Crippen molar-refractivity contribution in [1.29, 1.82) is 0 Å². The number of benzene rings is 6. The predicted molar refractivity (Wildman–Crippen MR) is 159 cm³/mol. The van der Waals surface area contributed by atoms with Crippen LogP contribution in [-0.2, 0) is 0 Å². The lowest BCUT2D eigenvalue weighted by Crippen LogP contribution is -2.57. The molecule has 0 fully saturated rings. The number of hydrogen-bond donors (Lipinski definition) is 0. The van der Waals surface area contributed by atoms with Gasteiger partial charge in [0.15, 0.2) is 0 Å². The number of rotatable bonds is 0. The third-order valence-corrected chi connectivity index (χ3v) is 8.39. The molecular formula is C36H21BO2. The Hall–Kier alpha value is -5.02. The Morgan fingerprint density at radius 2 is 0.769 bits per heavy atom. The second kappa shape index (κ2) is 7.75. The average molecular weight is 496 g/mol. The van der Waals surface area contributed by atoms with Crippen LogP contribution in [0.25, 0.3) is 44.5 Å². The first-order chi connectivity index (χ1) is 19.3. The molecule has 0 spiro atoms. The maximum absolute atomic E-state index is 6.67. The van der Waals surface area contributed by atoms with Crippen LogP contribution in [0.15, 0.2) is 127 Å². The van der Waals surface area contributed by atoms with Gasteiger partial charge >= 0.3 is 0 Å². The van der Waals surface area contributed by atoms with E-state index in [1.54, 1.807) is 0 Å². The van der Waals surface area contributed by atoms with Crippen LogP contribution in [0.5, 0.6) is 23.0 Å². The molecule has 0 saturated heterocycles. The van der Waals surface area contributed by atoms with Crippen LogP contribution in [-0.4, -0.2) is 6.71 Å². The summed E-state index contributed by atoms with van der Waals surface area (Å²) in [7, 11) is 0. The maximum Gasteiger partial charge on any atom is 0.260 e. The molecule has 6 aromatic carbocycles. The molecule has 0 aromatic heterocycles. The van der Waals surface area contributed by atoms with Gasteiger partial charge in [-0.3, -0.25) is 0 Å². The normalized spacial score (nSPS) is 13.0. The average Bonchev–Trinajstić information content (AvgIpc) is 3.00. The highest BCUT2D eigenvalue weighted by Crippen LogP contribution is 2.49. The highest BCUT2D eigenvalue weighted by molar-refractivity contribution is 6.98. The lowest BCUT2D eigenvalue weighted by Gasteiger charge is -2.34. The highest BCUT2D eigenvalue weighted by atomic mass is 16.5. The molecule has 1 aliphatic carbocycles. The van der Waals surface area contributed by atoms with Crippen molar-refractivity contribution in [2.24, 2.45) is 0 Å². The molecule has 3 heteroatoms. The highest BCUT2D eigenvalue weighted by Gasteiger charge is 2.40. The molecule has 39 heavy (non-hydrogen) atoms. The minimum absolute atomic E-state index is 0.0373. The summed E-state index contributed by atoms with van der Waals surface area (Å²) < 4.78 is 13.0. The first kappa shape index (κ1) is 21.0. The van der Waals surface area contributed by atoms with E-state index < -0.39 is 0 Å².